The zero-order valence-electron chi connectivity index (χ0n) is 12.4. The molecule has 0 saturated carbocycles. The Labute approximate surface area is 120 Å². The van der Waals surface area contributed by atoms with Gasteiger partial charge in [0.25, 0.3) is 5.91 Å². The van der Waals surface area contributed by atoms with Crippen LogP contribution >= 0.6 is 0 Å². The minimum atomic E-state index is -0.133. The number of rotatable bonds is 7. The Morgan fingerprint density at radius 2 is 2.10 bits per heavy atom. The van der Waals surface area contributed by atoms with Crippen LogP contribution in [0, 0.1) is 5.92 Å². The van der Waals surface area contributed by atoms with E-state index in [4.69, 9.17) is 5.73 Å². The minimum absolute atomic E-state index is 0.0346. The van der Waals surface area contributed by atoms with Crippen LogP contribution < -0.4 is 16.4 Å². The molecule has 1 atom stereocenters. The molecule has 0 spiro atoms. The van der Waals surface area contributed by atoms with Crippen molar-refractivity contribution in [2.24, 2.45) is 5.92 Å². The van der Waals surface area contributed by atoms with Gasteiger partial charge >= 0.3 is 0 Å². The quantitative estimate of drug-likeness (QED) is 0.574. The summed E-state index contributed by atoms with van der Waals surface area (Å²) in [5.41, 5.74) is 7.76. The van der Waals surface area contributed by atoms with Gasteiger partial charge in [-0.3, -0.25) is 4.79 Å². The van der Waals surface area contributed by atoms with E-state index < -0.39 is 0 Å². The summed E-state index contributed by atoms with van der Waals surface area (Å²) in [6.45, 7) is 6.71. The molecule has 1 aromatic rings. The number of nitrogens with one attached hydrogen (secondary N) is 2. The fourth-order valence-corrected chi connectivity index (χ4v) is 2.07. The maximum Gasteiger partial charge on any atom is 0.251 e. The van der Waals surface area contributed by atoms with E-state index in [-0.39, 0.29) is 18.6 Å². The molecule has 0 aliphatic rings. The van der Waals surface area contributed by atoms with Crippen LogP contribution in [0.25, 0.3) is 0 Å². The summed E-state index contributed by atoms with van der Waals surface area (Å²) in [4.78, 5) is 11.7. The molecule has 5 nitrogen and oxygen atoms in total. The SMILES string of the molecule is CCNC(=O)c1ccc(NC(CO)CC(C)C)c(N)c1. The lowest BCUT2D eigenvalue weighted by molar-refractivity contribution is 0.0956. The predicted molar refractivity (Wildman–Crippen MR) is 82.8 cm³/mol. The number of aliphatic hydroxyl groups excluding tert-OH is 1. The van der Waals surface area contributed by atoms with Crippen molar-refractivity contribution in [3.63, 3.8) is 0 Å². The van der Waals surface area contributed by atoms with E-state index in [0.717, 1.165) is 12.1 Å². The van der Waals surface area contributed by atoms with Crippen molar-refractivity contribution in [1.82, 2.24) is 5.32 Å². The first-order valence-corrected chi connectivity index (χ1v) is 7.03. The van der Waals surface area contributed by atoms with Gasteiger partial charge in [0.1, 0.15) is 0 Å². The van der Waals surface area contributed by atoms with Crippen molar-refractivity contribution in [3.8, 4) is 0 Å². The number of nitrogen functional groups attached to an aromatic ring is 1. The molecule has 0 saturated heterocycles. The van der Waals surface area contributed by atoms with E-state index in [9.17, 15) is 9.90 Å². The van der Waals surface area contributed by atoms with Crippen LogP contribution in [0.3, 0.4) is 0 Å². The zero-order valence-corrected chi connectivity index (χ0v) is 12.4. The normalized spacial score (nSPS) is 12.2. The van der Waals surface area contributed by atoms with Crippen LogP contribution in [0.15, 0.2) is 18.2 Å². The summed E-state index contributed by atoms with van der Waals surface area (Å²) in [5, 5.41) is 15.3. The highest BCUT2D eigenvalue weighted by Gasteiger charge is 2.12. The molecule has 1 amide bonds. The zero-order chi connectivity index (χ0) is 15.1. The number of anilines is 2. The lowest BCUT2D eigenvalue weighted by Crippen LogP contribution is -2.26. The molecule has 0 aliphatic heterocycles. The molecule has 0 fully saturated rings. The van der Waals surface area contributed by atoms with Gasteiger partial charge in [0.15, 0.2) is 0 Å². The summed E-state index contributed by atoms with van der Waals surface area (Å²) >= 11 is 0. The topological polar surface area (TPSA) is 87.4 Å². The largest absolute Gasteiger partial charge is 0.397 e. The standard InChI is InChI=1S/C15H25N3O2/c1-4-17-15(20)11-5-6-14(13(16)8-11)18-12(9-19)7-10(2)3/h5-6,8,10,12,18-19H,4,7,9,16H2,1-3H3,(H,17,20). The third-order valence-corrected chi connectivity index (χ3v) is 2.99. The van der Waals surface area contributed by atoms with Crippen molar-refractivity contribution >= 4 is 17.3 Å². The lowest BCUT2D eigenvalue weighted by atomic mass is 10.0. The Morgan fingerprint density at radius 1 is 1.40 bits per heavy atom. The summed E-state index contributed by atoms with van der Waals surface area (Å²) < 4.78 is 0. The number of carbonyl (C=O) groups is 1. The molecule has 1 aromatic carbocycles. The third kappa shape index (κ3) is 4.74. The molecule has 0 aliphatic carbocycles. The van der Waals surface area contributed by atoms with Gasteiger partial charge in [-0.1, -0.05) is 13.8 Å². The van der Waals surface area contributed by atoms with Gasteiger partial charge in [-0.25, -0.2) is 0 Å². The van der Waals surface area contributed by atoms with Crippen molar-refractivity contribution in [1.29, 1.82) is 0 Å². The molecule has 1 rings (SSSR count). The Hall–Kier alpha value is -1.75. The summed E-state index contributed by atoms with van der Waals surface area (Å²) in [6, 6.07) is 5.13. The molecule has 1 unspecified atom stereocenters. The number of hydrogen-bond donors (Lipinski definition) is 4. The number of carbonyl (C=O) groups excluding carboxylic acids is 1. The van der Waals surface area contributed by atoms with E-state index in [0.29, 0.717) is 23.7 Å². The van der Waals surface area contributed by atoms with E-state index in [1.54, 1.807) is 18.2 Å². The number of aliphatic hydroxyl groups is 1. The molecule has 5 heteroatoms. The first-order chi connectivity index (χ1) is 9.47. The lowest BCUT2D eigenvalue weighted by Gasteiger charge is -2.20. The van der Waals surface area contributed by atoms with Crippen LogP contribution in [-0.2, 0) is 0 Å². The molecular weight excluding hydrogens is 254 g/mol. The van der Waals surface area contributed by atoms with Crippen LogP contribution in [0.5, 0.6) is 0 Å². The van der Waals surface area contributed by atoms with Gasteiger partial charge in [-0.2, -0.15) is 0 Å². The summed E-state index contributed by atoms with van der Waals surface area (Å²) in [5.74, 6) is 0.349. The van der Waals surface area contributed by atoms with E-state index in [2.05, 4.69) is 24.5 Å². The van der Waals surface area contributed by atoms with Gasteiger partial charge in [-0.15, -0.1) is 0 Å². The van der Waals surface area contributed by atoms with Gasteiger partial charge in [0.2, 0.25) is 0 Å². The fraction of sp³-hybridized carbons (Fsp3) is 0.533. The molecule has 0 radical (unpaired) electrons. The first-order valence-electron chi connectivity index (χ1n) is 7.03. The Morgan fingerprint density at radius 3 is 2.60 bits per heavy atom. The van der Waals surface area contributed by atoms with Gasteiger partial charge in [-0.05, 0) is 37.5 Å². The molecule has 112 valence electrons. The van der Waals surface area contributed by atoms with Gasteiger partial charge in [0, 0.05) is 18.2 Å². The summed E-state index contributed by atoms with van der Waals surface area (Å²) in [7, 11) is 0. The number of amides is 1. The Bertz CT molecular complexity index is 447. The molecule has 5 N–H and O–H groups in total. The van der Waals surface area contributed by atoms with E-state index in [1.165, 1.54) is 0 Å². The average Bonchev–Trinajstić information content (AvgIpc) is 2.39. The van der Waals surface area contributed by atoms with Crippen molar-refractivity contribution < 1.29 is 9.90 Å². The highest BCUT2D eigenvalue weighted by atomic mass is 16.3. The average molecular weight is 279 g/mol. The number of hydrogen-bond acceptors (Lipinski definition) is 4. The van der Waals surface area contributed by atoms with Crippen LogP contribution in [-0.4, -0.2) is 30.2 Å². The first kappa shape index (κ1) is 16.3. The van der Waals surface area contributed by atoms with Crippen molar-refractivity contribution in [3.05, 3.63) is 23.8 Å². The molecule has 20 heavy (non-hydrogen) atoms. The van der Waals surface area contributed by atoms with Crippen molar-refractivity contribution in [2.45, 2.75) is 33.2 Å². The minimum Gasteiger partial charge on any atom is -0.397 e. The molecule has 0 heterocycles. The second kappa shape index (κ2) is 7.75. The second-order valence-corrected chi connectivity index (χ2v) is 5.31. The van der Waals surface area contributed by atoms with Crippen LogP contribution in [0.4, 0.5) is 11.4 Å². The molecular formula is C15H25N3O2. The maximum absolute atomic E-state index is 11.7. The second-order valence-electron chi connectivity index (χ2n) is 5.31. The third-order valence-electron chi connectivity index (χ3n) is 2.99. The highest BCUT2D eigenvalue weighted by Crippen LogP contribution is 2.22. The van der Waals surface area contributed by atoms with Crippen LogP contribution in [0.1, 0.15) is 37.6 Å². The summed E-state index contributed by atoms with van der Waals surface area (Å²) in [6.07, 6.45) is 0.855. The Balaban J connectivity index is 2.79. The fourth-order valence-electron chi connectivity index (χ4n) is 2.07. The number of benzene rings is 1. The van der Waals surface area contributed by atoms with Crippen molar-refractivity contribution in [2.75, 3.05) is 24.2 Å². The predicted octanol–water partition coefficient (Wildman–Crippen LogP) is 1.84. The highest BCUT2D eigenvalue weighted by molar-refractivity contribution is 5.96. The number of nitrogens with two attached hydrogens (primary N) is 1. The van der Waals surface area contributed by atoms with Gasteiger partial charge in [0.05, 0.1) is 18.0 Å². The maximum atomic E-state index is 11.7. The van der Waals surface area contributed by atoms with Gasteiger partial charge < -0.3 is 21.5 Å². The van der Waals surface area contributed by atoms with E-state index in [1.807, 2.05) is 6.92 Å². The van der Waals surface area contributed by atoms with Crippen LogP contribution in [0.2, 0.25) is 0 Å². The monoisotopic (exact) mass is 279 g/mol. The Kier molecular flexibility index (Phi) is 6.31. The smallest absolute Gasteiger partial charge is 0.251 e. The van der Waals surface area contributed by atoms with E-state index >= 15 is 0 Å². The molecule has 0 aromatic heterocycles. The molecule has 0 bridgehead atoms.